The van der Waals surface area contributed by atoms with Crippen molar-refractivity contribution in [1.82, 2.24) is 15.6 Å². The van der Waals surface area contributed by atoms with E-state index in [1.807, 2.05) is 0 Å². The second-order valence-corrected chi connectivity index (χ2v) is 6.08. The van der Waals surface area contributed by atoms with Crippen molar-refractivity contribution in [3.05, 3.63) is 51.2 Å². The molecule has 1 heterocycles. The Morgan fingerprint density at radius 3 is 2.56 bits per heavy atom. The molecule has 0 aliphatic carbocycles. The molecule has 0 fully saturated rings. The first-order valence-electron chi connectivity index (χ1n) is 7.48. The molecule has 2 amide bonds. The van der Waals surface area contributed by atoms with Gasteiger partial charge in [0, 0.05) is 30.5 Å². The predicted octanol–water partition coefficient (Wildman–Crippen LogP) is 1.67. The molecule has 0 saturated carbocycles. The van der Waals surface area contributed by atoms with E-state index in [0.29, 0.717) is 24.2 Å². The minimum atomic E-state index is -0.423. The fraction of sp³-hybridized carbons (Fsp3) is 0.312. The molecule has 0 radical (unpaired) electrons. The van der Waals surface area contributed by atoms with Gasteiger partial charge in [0.05, 0.1) is 5.01 Å². The van der Waals surface area contributed by atoms with Crippen molar-refractivity contribution < 1.29 is 14.0 Å². The molecule has 0 bridgehead atoms. The number of aryl methyl sites for hydroxylation is 1. The van der Waals surface area contributed by atoms with Crippen LogP contribution in [0.4, 0.5) is 4.39 Å². The molecule has 136 valence electrons. The highest BCUT2D eigenvalue weighted by Crippen LogP contribution is 2.10. The molecule has 25 heavy (non-hydrogen) atoms. The highest BCUT2D eigenvalue weighted by Gasteiger charge is 2.11. The van der Waals surface area contributed by atoms with E-state index in [0.717, 1.165) is 5.01 Å². The molecular formula is C16H20ClFN4O2S. The number of hydrogen-bond donors (Lipinski definition) is 3. The molecule has 0 atom stereocenters. The maximum Gasteiger partial charge on any atom is 0.270 e. The standard InChI is InChI=1S/C16H19FN4O2S.ClH/c1-10-2-3-11(8-12(10)17)15(22)19-6-7-20-16(23)13-9-24-14(21-13)4-5-18;/h2-3,8-9H,4-7,18H2,1H3,(H,19,22)(H,20,23);1H. The molecular weight excluding hydrogens is 367 g/mol. The first kappa shape index (κ1) is 21.0. The summed E-state index contributed by atoms with van der Waals surface area (Å²) in [5.74, 6) is -1.11. The number of benzene rings is 1. The Bertz CT molecular complexity index is 739. The summed E-state index contributed by atoms with van der Waals surface area (Å²) in [5, 5.41) is 7.78. The first-order valence-corrected chi connectivity index (χ1v) is 8.36. The van der Waals surface area contributed by atoms with Crippen LogP contribution in [0.5, 0.6) is 0 Å². The number of halogens is 2. The Morgan fingerprint density at radius 1 is 1.24 bits per heavy atom. The Kier molecular flexibility index (Phi) is 8.47. The summed E-state index contributed by atoms with van der Waals surface area (Å²) >= 11 is 1.39. The third-order valence-corrected chi connectivity index (χ3v) is 4.18. The summed E-state index contributed by atoms with van der Waals surface area (Å²) < 4.78 is 13.4. The lowest BCUT2D eigenvalue weighted by Crippen LogP contribution is -2.34. The molecule has 0 saturated heterocycles. The van der Waals surface area contributed by atoms with Crippen LogP contribution in [0, 0.1) is 12.7 Å². The van der Waals surface area contributed by atoms with E-state index >= 15 is 0 Å². The van der Waals surface area contributed by atoms with Crippen molar-refractivity contribution in [2.45, 2.75) is 13.3 Å². The van der Waals surface area contributed by atoms with Crippen molar-refractivity contribution in [2.24, 2.45) is 5.73 Å². The van der Waals surface area contributed by atoms with Gasteiger partial charge in [-0.25, -0.2) is 9.37 Å². The van der Waals surface area contributed by atoms with E-state index in [-0.39, 0.29) is 42.9 Å². The van der Waals surface area contributed by atoms with Crippen molar-refractivity contribution in [2.75, 3.05) is 19.6 Å². The monoisotopic (exact) mass is 386 g/mol. The van der Waals surface area contributed by atoms with Gasteiger partial charge in [0.15, 0.2) is 0 Å². The van der Waals surface area contributed by atoms with Gasteiger partial charge in [-0.05, 0) is 31.2 Å². The summed E-state index contributed by atoms with van der Waals surface area (Å²) in [5.41, 5.74) is 6.51. The number of aromatic nitrogens is 1. The summed E-state index contributed by atoms with van der Waals surface area (Å²) in [6.45, 7) is 2.60. The van der Waals surface area contributed by atoms with Crippen LogP contribution in [-0.4, -0.2) is 36.4 Å². The van der Waals surface area contributed by atoms with Crippen molar-refractivity contribution in [3.63, 3.8) is 0 Å². The van der Waals surface area contributed by atoms with Gasteiger partial charge in [-0.2, -0.15) is 0 Å². The van der Waals surface area contributed by atoms with Gasteiger partial charge >= 0.3 is 0 Å². The molecule has 9 heteroatoms. The minimum Gasteiger partial charge on any atom is -0.350 e. The average molecular weight is 387 g/mol. The van der Waals surface area contributed by atoms with Gasteiger partial charge in [-0.15, -0.1) is 23.7 Å². The van der Waals surface area contributed by atoms with Gasteiger partial charge < -0.3 is 16.4 Å². The van der Waals surface area contributed by atoms with E-state index in [1.165, 1.54) is 17.4 Å². The smallest absolute Gasteiger partial charge is 0.270 e. The first-order chi connectivity index (χ1) is 11.5. The van der Waals surface area contributed by atoms with Crippen molar-refractivity contribution >= 4 is 35.6 Å². The zero-order chi connectivity index (χ0) is 17.5. The van der Waals surface area contributed by atoms with Crippen LogP contribution in [0.25, 0.3) is 0 Å². The van der Waals surface area contributed by atoms with Crippen LogP contribution in [0.2, 0.25) is 0 Å². The van der Waals surface area contributed by atoms with Crippen LogP contribution in [0.15, 0.2) is 23.6 Å². The van der Waals surface area contributed by atoms with E-state index < -0.39 is 5.82 Å². The van der Waals surface area contributed by atoms with Crippen LogP contribution in [0.3, 0.4) is 0 Å². The van der Waals surface area contributed by atoms with E-state index in [4.69, 9.17) is 5.73 Å². The molecule has 2 aromatic rings. The lowest BCUT2D eigenvalue weighted by Gasteiger charge is -2.07. The molecule has 6 nitrogen and oxygen atoms in total. The summed E-state index contributed by atoms with van der Waals surface area (Å²) in [7, 11) is 0. The van der Waals surface area contributed by atoms with Crippen LogP contribution < -0.4 is 16.4 Å². The molecule has 0 aliphatic rings. The maximum absolute atomic E-state index is 13.4. The maximum atomic E-state index is 13.4. The number of amides is 2. The molecule has 1 aromatic heterocycles. The normalized spacial score (nSPS) is 10.0. The van der Waals surface area contributed by atoms with Gasteiger partial charge in [0.2, 0.25) is 0 Å². The zero-order valence-corrected chi connectivity index (χ0v) is 15.3. The molecule has 2 rings (SSSR count). The lowest BCUT2D eigenvalue weighted by atomic mass is 10.1. The number of rotatable bonds is 7. The molecule has 1 aromatic carbocycles. The summed E-state index contributed by atoms with van der Waals surface area (Å²) in [6.07, 6.45) is 0.640. The number of nitrogens with zero attached hydrogens (tertiary/aromatic N) is 1. The highest BCUT2D eigenvalue weighted by molar-refractivity contribution is 7.09. The number of nitrogens with two attached hydrogens (primary N) is 1. The molecule has 0 unspecified atom stereocenters. The number of carbonyl (C=O) groups is 2. The van der Waals surface area contributed by atoms with Gasteiger partial charge in [-0.3, -0.25) is 9.59 Å². The number of thiazole rings is 1. The highest BCUT2D eigenvalue weighted by atomic mass is 35.5. The van der Waals surface area contributed by atoms with Gasteiger partial charge in [0.25, 0.3) is 11.8 Å². The topological polar surface area (TPSA) is 97.1 Å². The van der Waals surface area contributed by atoms with Gasteiger partial charge in [0.1, 0.15) is 11.5 Å². The predicted molar refractivity (Wildman–Crippen MR) is 97.9 cm³/mol. The van der Waals surface area contributed by atoms with Crippen LogP contribution in [-0.2, 0) is 6.42 Å². The summed E-state index contributed by atoms with van der Waals surface area (Å²) in [6, 6.07) is 4.30. The lowest BCUT2D eigenvalue weighted by molar-refractivity contribution is 0.0925. The van der Waals surface area contributed by atoms with Crippen LogP contribution in [0.1, 0.15) is 31.4 Å². The second-order valence-electron chi connectivity index (χ2n) is 5.14. The summed E-state index contributed by atoms with van der Waals surface area (Å²) in [4.78, 5) is 28.0. The molecule has 0 aliphatic heterocycles. The quantitative estimate of drug-likeness (QED) is 0.630. The molecule has 0 spiro atoms. The zero-order valence-electron chi connectivity index (χ0n) is 13.7. The third kappa shape index (κ3) is 6.08. The van der Waals surface area contributed by atoms with Crippen molar-refractivity contribution in [1.29, 1.82) is 0 Å². The van der Waals surface area contributed by atoms with Crippen LogP contribution >= 0.6 is 23.7 Å². The fourth-order valence-electron chi connectivity index (χ4n) is 1.93. The van der Waals surface area contributed by atoms with Gasteiger partial charge in [-0.1, -0.05) is 6.07 Å². The van der Waals surface area contributed by atoms with Crippen molar-refractivity contribution in [3.8, 4) is 0 Å². The Balaban J connectivity index is 0.00000312. The van der Waals surface area contributed by atoms with E-state index in [9.17, 15) is 14.0 Å². The second kappa shape index (κ2) is 10.1. The number of nitrogens with one attached hydrogen (secondary N) is 2. The SMILES string of the molecule is Cc1ccc(C(=O)NCCNC(=O)c2csc(CCN)n2)cc1F.Cl. The third-order valence-electron chi connectivity index (χ3n) is 3.27. The minimum absolute atomic E-state index is 0. The average Bonchev–Trinajstić information content (AvgIpc) is 3.03. The van der Waals surface area contributed by atoms with E-state index in [2.05, 4.69) is 15.6 Å². The Hall–Kier alpha value is -2.03. The Morgan fingerprint density at radius 2 is 1.92 bits per heavy atom. The largest absolute Gasteiger partial charge is 0.350 e. The fourth-order valence-corrected chi connectivity index (χ4v) is 2.73. The molecule has 4 N–H and O–H groups in total. The van der Waals surface area contributed by atoms with E-state index in [1.54, 1.807) is 24.4 Å². The Labute approximate surface area is 155 Å². The number of carbonyl (C=O) groups excluding carboxylic acids is 2. The number of hydrogen-bond acceptors (Lipinski definition) is 5.